The number of nitrogens with one attached hydrogen (secondary N) is 1. The Balaban J connectivity index is 3.62. The summed E-state index contributed by atoms with van der Waals surface area (Å²) in [6.45, 7) is 0. The summed E-state index contributed by atoms with van der Waals surface area (Å²) in [6.07, 6.45) is -3.02. The Morgan fingerprint density at radius 2 is 2.20 bits per heavy atom. The molecule has 7 heteroatoms. The normalized spacial score (nSPS) is 10.1. The molecule has 0 radical (unpaired) electrons. The van der Waals surface area contributed by atoms with Crippen molar-refractivity contribution in [1.82, 2.24) is 4.98 Å². The van der Waals surface area contributed by atoms with Crippen LogP contribution in [0.5, 0.6) is 0 Å². The fraction of sp³-hybridized carbons (Fsp3) is 0.125. The average molecular weight is 233 g/mol. The van der Waals surface area contributed by atoms with Gasteiger partial charge in [-0.25, -0.2) is 8.78 Å². The Labute approximate surface area is 87.1 Å². The van der Waals surface area contributed by atoms with Crippen LogP contribution in [0.15, 0.2) is 10.9 Å². The van der Waals surface area contributed by atoms with Crippen molar-refractivity contribution >= 4 is 16.8 Å². The van der Waals surface area contributed by atoms with Crippen LogP contribution in [0.2, 0.25) is 0 Å². The van der Waals surface area contributed by atoms with Gasteiger partial charge in [-0.05, 0) is 11.6 Å². The molecule has 78 valence electrons. The molecule has 0 unspecified atom stereocenters. The van der Waals surface area contributed by atoms with E-state index in [9.17, 15) is 18.4 Å². The first kappa shape index (κ1) is 11.3. The second kappa shape index (κ2) is 4.19. The molecule has 1 rings (SSSR count). The van der Waals surface area contributed by atoms with Gasteiger partial charge < -0.3 is 4.98 Å². The number of alkyl halides is 2. The number of rotatable bonds is 2. The van der Waals surface area contributed by atoms with E-state index in [1.807, 2.05) is 4.98 Å². The summed E-state index contributed by atoms with van der Waals surface area (Å²) in [5.41, 5.74) is -2.93. The van der Waals surface area contributed by atoms with Gasteiger partial charge in [-0.1, -0.05) is 0 Å². The molecule has 1 aromatic rings. The number of hydrogen-bond donors (Lipinski definition) is 1. The Bertz CT molecular complexity index is 504. The third-order valence-electron chi connectivity index (χ3n) is 1.62. The molecule has 0 amide bonds. The first-order chi connectivity index (χ1) is 6.97. The van der Waals surface area contributed by atoms with E-state index in [2.05, 4.69) is 0 Å². The molecule has 0 aliphatic carbocycles. The SMILES string of the molecule is N#Cc1c(C(F)F)cc(=O)[nH]c1C(=O)Cl. The first-order valence-corrected chi connectivity index (χ1v) is 4.00. The van der Waals surface area contributed by atoms with Crippen molar-refractivity contribution in [2.24, 2.45) is 0 Å². The Morgan fingerprint density at radius 3 is 2.60 bits per heavy atom. The molecular weight excluding hydrogens is 230 g/mol. The number of nitrogens with zero attached hydrogens (tertiary/aromatic N) is 1. The van der Waals surface area contributed by atoms with E-state index in [0.29, 0.717) is 6.07 Å². The number of hydrogen-bond acceptors (Lipinski definition) is 3. The monoisotopic (exact) mass is 232 g/mol. The summed E-state index contributed by atoms with van der Waals surface area (Å²) in [5, 5.41) is 7.41. The van der Waals surface area contributed by atoms with Crippen LogP contribution in [-0.4, -0.2) is 10.2 Å². The van der Waals surface area contributed by atoms with Crippen LogP contribution in [0.25, 0.3) is 0 Å². The van der Waals surface area contributed by atoms with Crippen LogP contribution in [0.4, 0.5) is 8.78 Å². The fourth-order valence-electron chi connectivity index (χ4n) is 1.02. The van der Waals surface area contributed by atoms with E-state index in [-0.39, 0.29) is 0 Å². The molecule has 4 nitrogen and oxygen atoms in total. The van der Waals surface area contributed by atoms with Crippen LogP contribution < -0.4 is 5.56 Å². The third kappa shape index (κ3) is 2.19. The molecule has 0 spiro atoms. The van der Waals surface area contributed by atoms with E-state index in [1.54, 1.807) is 0 Å². The Morgan fingerprint density at radius 1 is 1.60 bits per heavy atom. The lowest BCUT2D eigenvalue weighted by atomic mass is 10.1. The molecule has 0 aliphatic rings. The molecule has 0 fully saturated rings. The molecule has 0 saturated heterocycles. The van der Waals surface area contributed by atoms with Gasteiger partial charge in [0.1, 0.15) is 11.8 Å². The molecule has 0 bridgehead atoms. The highest BCUT2D eigenvalue weighted by Gasteiger charge is 2.20. The maximum absolute atomic E-state index is 12.4. The first-order valence-electron chi connectivity index (χ1n) is 3.62. The lowest BCUT2D eigenvalue weighted by molar-refractivity contribution is 0.107. The largest absolute Gasteiger partial charge is 0.317 e. The minimum Gasteiger partial charge on any atom is -0.317 e. The molecule has 0 aliphatic heterocycles. The fourth-order valence-corrected chi connectivity index (χ4v) is 1.16. The molecule has 15 heavy (non-hydrogen) atoms. The van der Waals surface area contributed by atoms with Gasteiger partial charge in [0, 0.05) is 11.6 Å². The maximum atomic E-state index is 12.4. The lowest BCUT2D eigenvalue weighted by Gasteiger charge is -2.04. The van der Waals surface area contributed by atoms with Gasteiger partial charge in [0.2, 0.25) is 5.56 Å². The van der Waals surface area contributed by atoms with Crippen LogP contribution in [0.3, 0.4) is 0 Å². The molecular formula is C8H3ClF2N2O2. The van der Waals surface area contributed by atoms with Crippen molar-refractivity contribution < 1.29 is 13.6 Å². The number of aromatic nitrogens is 1. The second-order valence-corrected chi connectivity index (χ2v) is 2.87. The smallest absolute Gasteiger partial charge is 0.270 e. The van der Waals surface area contributed by atoms with E-state index in [0.717, 1.165) is 0 Å². The number of halogens is 3. The third-order valence-corrected chi connectivity index (χ3v) is 1.81. The van der Waals surface area contributed by atoms with Crippen molar-refractivity contribution in [3.63, 3.8) is 0 Å². The lowest BCUT2D eigenvalue weighted by Crippen LogP contribution is -2.15. The van der Waals surface area contributed by atoms with Crippen molar-refractivity contribution in [2.75, 3.05) is 0 Å². The zero-order valence-electron chi connectivity index (χ0n) is 7.05. The number of nitriles is 1. The van der Waals surface area contributed by atoms with Gasteiger partial charge in [-0.3, -0.25) is 9.59 Å². The minimum atomic E-state index is -3.02. The second-order valence-electron chi connectivity index (χ2n) is 2.53. The number of carbonyl (C=O) groups is 1. The van der Waals surface area contributed by atoms with Crippen molar-refractivity contribution in [3.05, 3.63) is 33.2 Å². The van der Waals surface area contributed by atoms with Crippen molar-refractivity contribution in [3.8, 4) is 6.07 Å². The van der Waals surface area contributed by atoms with Crippen LogP contribution in [0.1, 0.15) is 28.0 Å². The summed E-state index contributed by atoms with van der Waals surface area (Å²) < 4.78 is 24.8. The summed E-state index contributed by atoms with van der Waals surface area (Å²) in [6, 6.07) is 1.96. The van der Waals surface area contributed by atoms with E-state index in [1.165, 1.54) is 6.07 Å². The van der Waals surface area contributed by atoms with Gasteiger partial charge in [-0.15, -0.1) is 0 Å². The summed E-state index contributed by atoms with van der Waals surface area (Å²) >= 11 is 5.03. The van der Waals surface area contributed by atoms with Crippen molar-refractivity contribution in [1.29, 1.82) is 5.26 Å². The summed E-state index contributed by atoms with van der Waals surface area (Å²) in [5.74, 6) is 0. The van der Waals surface area contributed by atoms with Crippen LogP contribution in [0, 0.1) is 11.3 Å². The Kier molecular flexibility index (Phi) is 3.17. The predicted molar refractivity (Wildman–Crippen MR) is 46.9 cm³/mol. The van der Waals surface area contributed by atoms with Crippen molar-refractivity contribution in [2.45, 2.75) is 6.43 Å². The number of aromatic amines is 1. The zero-order chi connectivity index (χ0) is 11.6. The van der Waals surface area contributed by atoms with E-state index in [4.69, 9.17) is 16.9 Å². The maximum Gasteiger partial charge on any atom is 0.270 e. The highest BCUT2D eigenvalue weighted by atomic mass is 35.5. The molecule has 1 N–H and O–H groups in total. The van der Waals surface area contributed by atoms with Gasteiger partial charge in [0.05, 0.1) is 5.56 Å². The molecule has 0 atom stereocenters. The molecule has 1 aromatic heterocycles. The van der Waals surface area contributed by atoms with Gasteiger partial charge in [-0.2, -0.15) is 5.26 Å². The van der Waals surface area contributed by atoms with E-state index >= 15 is 0 Å². The average Bonchev–Trinajstić information content (AvgIpc) is 2.16. The van der Waals surface area contributed by atoms with E-state index < -0.39 is 34.0 Å². The number of pyridine rings is 1. The standard InChI is InChI=1S/C8H3ClF2N2O2/c9-7(15)6-4(2-12)3(8(10)11)1-5(14)13-6/h1,8H,(H,13,14). The number of H-pyrrole nitrogens is 1. The van der Waals surface area contributed by atoms with Gasteiger partial charge >= 0.3 is 0 Å². The molecule has 0 saturated carbocycles. The molecule has 0 aromatic carbocycles. The van der Waals surface area contributed by atoms with Gasteiger partial charge in [0.15, 0.2) is 0 Å². The predicted octanol–water partition coefficient (Wildman–Crippen LogP) is 1.56. The minimum absolute atomic E-state index is 0.562. The summed E-state index contributed by atoms with van der Waals surface area (Å²) in [4.78, 5) is 23.6. The molecule has 1 heterocycles. The van der Waals surface area contributed by atoms with Crippen LogP contribution >= 0.6 is 11.6 Å². The quantitative estimate of drug-likeness (QED) is 0.787. The van der Waals surface area contributed by atoms with Gasteiger partial charge in [0.25, 0.3) is 11.7 Å². The zero-order valence-corrected chi connectivity index (χ0v) is 7.81. The highest BCUT2D eigenvalue weighted by Crippen LogP contribution is 2.22. The number of carbonyl (C=O) groups excluding carboxylic acids is 1. The van der Waals surface area contributed by atoms with Crippen LogP contribution in [-0.2, 0) is 0 Å². The Hall–Kier alpha value is -1.74. The highest BCUT2D eigenvalue weighted by molar-refractivity contribution is 6.67. The summed E-state index contributed by atoms with van der Waals surface area (Å²) in [7, 11) is 0. The topological polar surface area (TPSA) is 73.7 Å².